The summed E-state index contributed by atoms with van der Waals surface area (Å²) < 4.78 is 6.89. The molecule has 1 aromatic heterocycles. The Labute approximate surface area is 104 Å². The van der Waals surface area contributed by atoms with Crippen molar-refractivity contribution in [2.75, 3.05) is 19.5 Å². The van der Waals surface area contributed by atoms with Crippen molar-refractivity contribution < 1.29 is 14.6 Å². The lowest BCUT2D eigenvalue weighted by atomic mass is 10.1. The van der Waals surface area contributed by atoms with E-state index in [0.717, 1.165) is 12.2 Å². The first-order valence-electron chi connectivity index (χ1n) is 5.26. The molecule has 0 aliphatic rings. The van der Waals surface area contributed by atoms with Gasteiger partial charge in [-0.2, -0.15) is 0 Å². The number of hydrogen-bond donors (Lipinski definition) is 1. The molecule has 0 aliphatic heterocycles. The molecule has 0 bridgehead atoms. The highest BCUT2D eigenvalue weighted by atomic mass is 32.2. The van der Waals surface area contributed by atoms with Gasteiger partial charge in [-0.25, -0.2) is 0 Å². The zero-order valence-electron chi connectivity index (χ0n) is 10.2. The number of carboxylic acid groups (broad SMARTS) is 1. The average Bonchev–Trinajstić information content (AvgIpc) is 2.58. The van der Waals surface area contributed by atoms with Gasteiger partial charge in [0, 0.05) is 27.2 Å². The van der Waals surface area contributed by atoms with Crippen molar-refractivity contribution in [3.8, 4) is 0 Å². The third-order valence-corrected chi connectivity index (χ3v) is 3.24. The van der Waals surface area contributed by atoms with E-state index in [9.17, 15) is 4.79 Å². The second kappa shape index (κ2) is 6.61. The maximum atomic E-state index is 10.5. The normalized spacial score (nSPS) is 12.6. The predicted octanol–water partition coefficient (Wildman–Crippen LogP) is 0.817. The fourth-order valence-corrected chi connectivity index (χ4v) is 2.08. The van der Waals surface area contributed by atoms with Gasteiger partial charge in [-0.1, -0.05) is 18.7 Å². The Kier molecular flexibility index (Phi) is 5.43. The minimum Gasteiger partial charge on any atom is -0.481 e. The van der Waals surface area contributed by atoms with Crippen molar-refractivity contribution in [2.45, 2.75) is 18.5 Å². The molecule has 7 heteroatoms. The Morgan fingerprint density at radius 1 is 1.59 bits per heavy atom. The molecule has 0 saturated heterocycles. The van der Waals surface area contributed by atoms with Gasteiger partial charge in [-0.05, 0) is 5.92 Å². The van der Waals surface area contributed by atoms with Crippen molar-refractivity contribution in [1.29, 1.82) is 0 Å². The third-order valence-electron chi connectivity index (χ3n) is 2.23. The van der Waals surface area contributed by atoms with Crippen molar-refractivity contribution in [3.63, 3.8) is 0 Å². The van der Waals surface area contributed by atoms with Crippen LogP contribution < -0.4 is 0 Å². The second-order valence-corrected chi connectivity index (χ2v) is 4.85. The van der Waals surface area contributed by atoms with Crippen LogP contribution >= 0.6 is 11.8 Å². The van der Waals surface area contributed by atoms with Gasteiger partial charge >= 0.3 is 5.97 Å². The molecule has 0 radical (unpaired) electrons. The standard InChI is InChI=1S/C10H17N3O3S/c1-7(5-16-3)4-8-11-12-10(13(8)2)17-6-9(14)15/h7H,4-6H2,1-3H3,(H,14,15). The van der Waals surface area contributed by atoms with Crippen LogP contribution in [0.25, 0.3) is 0 Å². The molecule has 1 aromatic rings. The molecule has 0 amide bonds. The maximum Gasteiger partial charge on any atom is 0.313 e. The van der Waals surface area contributed by atoms with Gasteiger partial charge in [0.1, 0.15) is 5.82 Å². The molecule has 1 rings (SSSR count). The van der Waals surface area contributed by atoms with Gasteiger partial charge in [0.25, 0.3) is 0 Å². The van der Waals surface area contributed by atoms with Gasteiger partial charge in [0.15, 0.2) is 5.16 Å². The lowest BCUT2D eigenvalue weighted by Gasteiger charge is -2.09. The highest BCUT2D eigenvalue weighted by Crippen LogP contribution is 2.16. The number of ether oxygens (including phenoxy) is 1. The molecule has 1 heterocycles. The van der Waals surface area contributed by atoms with Crippen LogP contribution in [-0.2, 0) is 23.0 Å². The number of carboxylic acids is 1. The molecule has 0 fully saturated rings. The smallest absolute Gasteiger partial charge is 0.313 e. The lowest BCUT2D eigenvalue weighted by molar-refractivity contribution is -0.133. The van der Waals surface area contributed by atoms with E-state index in [2.05, 4.69) is 17.1 Å². The summed E-state index contributed by atoms with van der Waals surface area (Å²) in [6.07, 6.45) is 0.769. The number of carbonyl (C=O) groups is 1. The molecule has 0 aromatic carbocycles. The molecule has 17 heavy (non-hydrogen) atoms. The molecule has 1 atom stereocenters. The summed E-state index contributed by atoms with van der Waals surface area (Å²) in [5.41, 5.74) is 0. The van der Waals surface area contributed by atoms with E-state index >= 15 is 0 Å². The summed E-state index contributed by atoms with van der Waals surface area (Å²) in [5.74, 6) is 0.356. The van der Waals surface area contributed by atoms with E-state index in [1.54, 1.807) is 7.11 Å². The van der Waals surface area contributed by atoms with Crippen LogP contribution in [0.4, 0.5) is 0 Å². The van der Waals surface area contributed by atoms with Crippen LogP contribution in [-0.4, -0.2) is 45.3 Å². The summed E-state index contributed by atoms with van der Waals surface area (Å²) >= 11 is 1.17. The van der Waals surface area contributed by atoms with E-state index in [0.29, 0.717) is 17.7 Å². The first-order valence-corrected chi connectivity index (χ1v) is 6.25. The molecule has 0 spiro atoms. The Hall–Kier alpha value is -1.08. The number of nitrogens with zero attached hydrogens (tertiary/aromatic N) is 3. The highest BCUT2D eigenvalue weighted by Gasteiger charge is 2.13. The van der Waals surface area contributed by atoms with E-state index < -0.39 is 5.97 Å². The molecule has 0 saturated carbocycles. The quantitative estimate of drug-likeness (QED) is 0.730. The zero-order valence-corrected chi connectivity index (χ0v) is 11.0. The van der Waals surface area contributed by atoms with Crippen LogP contribution in [0.1, 0.15) is 12.7 Å². The molecule has 1 N–H and O–H groups in total. The number of methoxy groups -OCH3 is 1. The van der Waals surface area contributed by atoms with Crippen LogP contribution in [0.15, 0.2) is 5.16 Å². The number of aliphatic carboxylic acids is 1. The van der Waals surface area contributed by atoms with Gasteiger partial charge < -0.3 is 14.4 Å². The largest absolute Gasteiger partial charge is 0.481 e. The predicted molar refractivity (Wildman–Crippen MR) is 64.1 cm³/mol. The van der Waals surface area contributed by atoms with E-state index in [4.69, 9.17) is 9.84 Å². The van der Waals surface area contributed by atoms with Crippen molar-refractivity contribution >= 4 is 17.7 Å². The summed E-state index contributed by atoms with van der Waals surface area (Å²) in [5, 5.41) is 17.3. The fraction of sp³-hybridized carbons (Fsp3) is 0.700. The van der Waals surface area contributed by atoms with Crippen molar-refractivity contribution in [2.24, 2.45) is 13.0 Å². The van der Waals surface area contributed by atoms with Gasteiger partial charge in [0.2, 0.25) is 0 Å². The third kappa shape index (κ3) is 4.35. The summed E-state index contributed by atoms with van der Waals surface area (Å²) in [6, 6.07) is 0. The summed E-state index contributed by atoms with van der Waals surface area (Å²) in [4.78, 5) is 10.5. The first-order chi connectivity index (χ1) is 8.04. The Morgan fingerprint density at radius 3 is 2.88 bits per heavy atom. The molecule has 96 valence electrons. The van der Waals surface area contributed by atoms with E-state index in [-0.39, 0.29) is 5.75 Å². The van der Waals surface area contributed by atoms with E-state index in [1.165, 1.54) is 11.8 Å². The topological polar surface area (TPSA) is 77.2 Å². The van der Waals surface area contributed by atoms with E-state index in [1.807, 2.05) is 11.6 Å². The SMILES string of the molecule is COCC(C)Cc1nnc(SCC(=O)O)n1C. The number of hydrogen-bond acceptors (Lipinski definition) is 5. The summed E-state index contributed by atoms with van der Waals surface area (Å²) in [6.45, 7) is 2.74. The van der Waals surface area contributed by atoms with Crippen molar-refractivity contribution in [3.05, 3.63) is 5.82 Å². The van der Waals surface area contributed by atoms with Gasteiger partial charge in [0.05, 0.1) is 5.75 Å². The Morgan fingerprint density at radius 2 is 2.29 bits per heavy atom. The highest BCUT2D eigenvalue weighted by molar-refractivity contribution is 7.99. The average molecular weight is 259 g/mol. The van der Waals surface area contributed by atoms with Gasteiger partial charge in [-0.15, -0.1) is 10.2 Å². The minimum atomic E-state index is -0.854. The van der Waals surface area contributed by atoms with Crippen LogP contribution in [0, 0.1) is 5.92 Å². The van der Waals surface area contributed by atoms with Crippen molar-refractivity contribution in [1.82, 2.24) is 14.8 Å². The minimum absolute atomic E-state index is 0.000399. The molecule has 6 nitrogen and oxygen atoms in total. The number of aromatic nitrogens is 3. The summed E-state index contributed by atoms with van der Waals surface area (Å²) in [7, 11) is 3.51. The Bertz CT molecular complexity index is 381. The lowest BCUT2D eigenvalue weighted by Crippen LogP contribution is -2.11. The fourth-order valence-electron chi connectivity index (χ4n) is 1.43. The zero-order chi connectivity index (χ0) is 12.8. The molecular weight excluding hydrogens is 242 g/mol. The monoisotopic (exact) mass is 259 g/mol. The molecule has 0 aliphatic carbocycles. The second-order valence-electron chi connectivity index (χ2n) is 3.90. The Balaban J connectivity index is 2.60. The molecule has 1 unspecified atom stereocenters. The first kappa shape index (κ1) is 14.0. The van der Waals surface area contributed by atoms with Gasteiger partial charge in [-0.3, -0.25) is 4.79 Å². The molecular formula is C10H17N3O3S. The van der Waals surface area contributed by atoms with Crippen LogP contribution in [0.5, 0.6) is 0 Å². The van der Waals surface area contributed by atoms with Crippen LogP contribution in [0.2, 0.25) is 0 Å². The maximum absolute atomic E-state index is 10.5. The van der Waals surface area contributed by atoms with Crippen LogP contribution in [0.3, 0.4) is 0 Å². The number of rotatable bonds is 7. The number of thioether (sulfide) groups is 1.